The molecular formula is C19H42N2O3. The lowest BCUT2D eigenvalue weighted by Crippen LogP contribution is -2.45. The van der Waals surface area contributed by atoms with Crippen LogP contribution in [0.25, 0.3) is 0 Å². The number of hydrogen-bond acceptors (Lipinski definition) is 5. The summed E-state index contributed by atoms with van der Waals surface area (Å²) in [6.07, 6.45) is 14.1. The topological polar surface area (TPSA) is 76.0 Å². The van der Waals surface area contributed by atoms with Gasteiger partial charge in [0.25, 0.3) is 0 Å². The van der Waals surface area contributed by atoms with E-state index in [2.05, 4.69) is 12.3 Å². The third-order valence-electron chi connectivity index (χ3n) is 4.53. The van der Waals surface area contributed by atoms with E-state index in [1.807, 2.05) is 0 Å². The van der Waals surface area contributed by atoms with E-state index in [1.54, 1.807) is 12.1 Å². The van der Waals surface area contributed by atoms with E-state index in [-0.39, 0.29) is 12.7 Å². The lowest BCUT2D eigenvalue weighted by Gasteiger charge is -2.25. The predicted octanol–water partition coefficient (Wildman–Crippen LogP) is 2.84. The van der Waals surface area contributed by atoms with Crippen molar-refractivity contribution in [2.45, 2.75) is 96.2 Å². The van der Waals surface area contributed by atoms with Gasteiger partial charge >= 0.3 is 0 Å². The number of hydrazine groups is 1. The molecule has 0 aliphatic heterocycles. The van der Waals surface area contributed by atoms with Crippen molar-refractivity contribution in [2.24, 2.45) is 0 Å². The Labute approximate surface area is 149 Å². The molecule has 0 rings (SSSR count). The molecule has 0 aromatic heterocycles. The largest absolute Gasteiger partial charge is 0.394 e. The Morgan fingerprint density at radius 2 is 1.21 bits per heavy atom. The summed E-state index contributed by atoms with van der Waals surface area (Å²) in [6, 6.07) is 0. The third-order valence-corrected chi connectivity index (χ3v) is 4.53. The molecule has 2 unspecified atom stereocenters. The van der Waals surface area contributed by atoms with Crippen LogP contribution in [0.3, 0.4) is 0 Å². The number of hydrogen-bond donors (Lipinski definition) is 4. The molecule has 0 spiro atoms. The van der Waals surface area contributed by atoms with E-state index >= 15 is 0 Å². The van der Waals surface area contributed by atoms with Crippen LogP contribution in [0, 0.1) is 0 Å². The molecule has 0 aromatic carbocycles. The number of aliphatic hydroxyl groups is 3. The van der Waals surface area contributed by atoms with Gasteiger partial charge in [0.15, 0.2) is 0 Å². The lowest BCUT2D eigenvalue weighted by atomic mass is 10.0. The zero-order valence-electron chi connectivity index (χ0n) is 16.1. The first kappa shape index (κ1) is 23.8. The van der Waals surface area contributed by atoms with E-state index in [4.69, 9.17) is 5.11 Å². The summed E-state index contributed by atoms with van der Waals surface area (Å²) in [5, 5.41) is 30.1. The van der Waals surface area contributed by atoms with Gasteiger partial charge in [-0.15, -0.1) is 0 Å². The van der Waals surface area contributed by atoms with E-state index in [0.29, 0.717) is 13.1 Å². The minimum Gasteiger partial charge on any atom is -0.394 e. The fourth-order valence-corrected chi connectivity index (χ4v) is 2.96. The molecule has 0 heterocycles. The van der Waals surface area contributed by atoms with Gasteiger partial charge in [0.2, 0.25) is 0 Å². The van der Waals surface area contributed by atoms with Crippen molar-refractivity contribution in [1.29, 1.82) is 0 Å². The molecule has 0 amide bonds. The smallest absolute Gasteiger partial charge is 0.0911 e. The number of nitrogens with zero attached hydrogens (tertiary/aromatic N) is 1. The van der Waals surface area contributed by atoms with Gasteiger partial charge in [-0.25, -0.2) is 5.01 Å². The Balaban J connectivity index is 3.43. The molecule has 5 nitrogen and oxygen atoms in total. The van der Waals surface area contributed by atoms with Crippen molar-refractivity contribution >= 4 is 0 Å². The average molecular weight is 347 g/mol. The van der Waals surface area contributed by atoms with Crippen LogP contribution in [-0.2, 0) is 0 Å². The van der Waals surface area contributed by atoms with Gasteiger partial charge < -0.3 is 15.3 Å². The van der Waals surface area contributed by atoms with Gasteiger partial charge in [-0.2, -0.15) is 0 Å². The minimum atomic E-state index is -0.772. The molecule has 0 bridgehead atoms. The average Bonchev–Trinajstić information content (AvgIpc) is 2.58. The van der Waals surface area contributed by atoms with Crippen LogP contribution in [0.4, 0.5) is 0 Å². The van der Waals surface area contributed by atoms with E-state index in [9.17, 15) is 10.2 Å². The summed E-state index contributed by atoms with van der Waals surface area (Å²) >= 11 is 0. The number of nitrogens with one attached hydrogen (secondary N) is 1. The number of aliphatic hydroxyl groups excluding tert-OH is 3. The summed E-state index contributed by atoms with van der Waals surface area (Å²) in [5.41, 5.74) is 2.94. The monoisotopic (exact) mass is 346 g/mol. The van der Waals surface area contributed by atoms with Crippen LogP contribution < -0.4 is 5.43 Å². The highest BCUT2D eigenvalue weighted by atomic mass is 16.3. The molecule has 4 N–H and O–H groups in total. The first-order chi connectivity index (χ1) is 11.6. The second-order valence-corrected chi connectivity index (χ2v) is 6.94. The highest BCUT2D eigenvalue weighted by Crippen LogP contribution is 2.12. The van der Waals surface area contributed by atoms with Crippen molar-refractivity contribution < 1.29 is 15.3 Å². The molecule has 0 radical (unpaired) electrons. The first-order valence-corrected chi connectivity index (χ1v) is 10.0. The summed E-state index contributed by atoms with van der Waals surface area (Å²) in [7, 11) is 1.76. The zero-order valence-corrected chi connectivity index (χ0v) is 16.1. The summed E-state index contributed by atoms with van der Waals surface area (Å²) in [6.45, 7) is 2.80. The molecule has 0 fully saturated rings. The van der Waals surface area contributed by atoms with Gasteiger partial charge in [-0.05, 0) is 13.5 Å². The second-order valence-electron chi connectivity index (χ2n) is 6.94. The summed E-state index contributed by atoms with van der Waals surface area (Å²) < 4.78 is 0. The molecule has 0 saturated heterocycles. The summed E-state index contributed by atoms with van der Waals surface area (Å²) in [5.74, 6) is 0. The van der Waals surface area contributed by atoms with Gasteiger partial charge in [-0.3, -0.25) is 5.43 Å². The Hall–Kier alpha value is -0.200. The highest BCUT2D eigenvalue weighted by Gasteiger charge is 2.13. The van der Waals surface area contributed by atoms with Crippen molar-refractivity contribution in [3.05, 3.63) is 0 Å². The Morgan fingerprint density at radius 3 is 1.67 bits per heavy atom. The minimum absolute atomic E-state index is 0.257. The molecule has 0 saturated carbocycles. The van der Waals surface area contributed by atoms with Crippen LogP contribution in [0.1, 0.15) is 84.0 Å². The molecule has 0 aliphatic rings. The van der Waals surface area contributed by atoms with E-state index in [0.717, 1.165) is 12.8 Å². The molecule has 146 valence electrons. The molecular weight excluding hydrogens is 304 g/mol. The van der Waals surface area contributed by atoms with Crippen molar-refractivity contribution in [1.82, 2.24) is 10.4 Å². The molecule has 24 heavy (non-hydrogen) atoms. The normalized spacial score (nSPS) is 14.2. The van der Waals surface area contributed by atoms with Crippen LogP contribution in [0.2, 0.25) is 0 Å². The maximum atomic E-state index is 10.1. The maximum Gasteiger partial charge on any atom is 0.0911 e. The quantitative estimate of drug-likeness (QED) is 0.227. The number of unbranched alkanes of at least 4 members (excludes halogenated alkanes) is 10. The maximum absolute atomic E-state index is 10.1. The van der Waals surface area contributed by atoms with Gasteiger partial charge in [-0.1, -0.05) is 77.6 Å². The highest BCUT2D eigenvalue weighted by molar-refractivity contribution is 4.65. The SMILES string of the molecule is CCCCCCCCCCCCCC(O)CN(CC(O)CO)NC. The lowest BCUT2D eigenvalue weighted by molar-refractivity contribution is 0.0195. The molecule has 5 heteroatoms. The van der Waals surface area contributed by atoms with Gasteiger partial charge in [0, 0.05) is 13.1 Å². The fourth-order valence-electron chi connectivity index (χ4n) is 2.96. The Bertz CT molecular complexity index is 255. The van der Waals surface area contributed by atoms with Crippen molar-refractivity contribution in [2.75, 3.05) is 26.7 Å². The zero-order chi connectivity index (χ0) is 18.0. The molecule has 0 aliphatic carbocycles. The number of rotatable bonds is 18. The second kappa shape index (κ2) is 17.6. The van der Waals surface area contributed by atoms with Gasteiger partial charge in [0.1, 0.15) is 0 Å². The van der Waals surface area contributed by atoms with Crippen molar-refractivity contribution in [3.63, 3.8) is 0 Å². The third kappa shape index (κ3) is 15.3. The van der Waals surface area contributed by atoms with Crippen LogP contribution in [-0.4, -0.2) is 59.3 Å². The van der Waals surface area contributed by atoms with E-state index < -0.39 is 6.10 Å². The van der Waals surface area contributed by atoms with E-state index in [1.165, 1.54) is 64.2 Å². The van der Waals surface area contributed by atoms with Crippen molar-refractivity contribution in [3.8, 4) is 0 Å². The fraction of sp³-hybridized carbons (Fsp3) is 1.00. The summed E-state index contributed by atoms with van der Waals surface area (Å²) in [4.78, 5) is 0. The Kier molecular flexibility index (Phi) is 17.5. The standard InChI is InChI=1S/C19H42N2O3/c1-3-4-5-6-7-8-9-10-11-12-13-14-18(23)15-21(20-2)16-19(24)17-22/h18-20,22-24H,3-17H2,1-2H3. The first-order valence-electron chi connectivity index (χ1n) is 10.0. The molecule has 2 atom stereocenters. The van der Waals surface area contributed by atoms with Gasteiger partial charge in [0.05, 0.1) is 18.8 Å². The van der Waals surface area contributed by atoms with Crippen LogP contribution >= 0.6 is 0 Å². The predicted molar refractivity (Wildman–Crippen MR) is 101 cm³/mol. The molecule has 0 aromatic rings. The van der Waals surface area contributed by atoms with Crippen LogP contribution in [0.5, 0.6) is 0 Å². The Morgan fingerprint density at radius 1 is 0.750 bits per heavy atom. The van der Waals surface area contributed by atoms with Crippen LogP contribution in [0.15, 0.2) is 0 Å².